The molecule has 0 aromatic rings. The van der Waals surface area contributed by atoms with E-state index in [4.69, 9.17) is 4.74 Å². The first-order valence-electron chi connectivity index (χ1n) is 6.64. The molecule has 0 aromatic carbocycles. The van der Waals surface area contributed by atoms with Crippen LogP contribution in [-0.4, -0.2) is 48.8 Å². The molecule has 2 aliphatic rings. The van der Waals surface area contributed by atoms with Crippen molar-refractivity contribution in [3.63, 3.8) is 0 Å². The minimum atomic E-state index is 0.507. The van der Waals surface area contributed by atoms with Crippen LogP contribution in [0.2, 0.25) is 0 Å². The number of rotatable bonds is 4. The molecule has 1 heterocycles. The van der Waals surface area contributed by atoms with Crippen LogP contribution in [0.25, 0.3) is 0 Å². The second-order valence-corrected chi connectivity index (χ2v) is 6.39. The largest absolute Gasteiger partial charge is 0.377 e. The highest BCUT2D eigenvalue weighted by Gasteiger charge is 2.28. The second-order valence-electron chi connectivity index (χ2n) is 5.25. The van der Waals surface area contributed by atoms with Crippen molar-refractivity contribution < 1.29 is 4.74 Å². The molecular weight excluding hydrogens is 218 g/mol. The van der Waals surface area contributed by atoms with Gasteiger partial charge in [-0.2, -0.15) is 11.8 Å². The zero-order valence-electron chi connectivity index (χ0n) is 10.7. The molecule has 0 amide bonds. The summed E-state index contributed by atoms with van der Waals surface area (Å²) in [4.78, 5) is 2.55. The smallest absolute Gasteiger partial charge is 0.0702 e. The molecule has 0 unspecified atom stereocenters. The summed E-state index contributed by atoms with van der Waals surface area (Å²) in [5.41, 5.74) is 0. The van der Waals surface area contributed by atoms with Gasteiger partial charge in [-0.15, -0.1) is 0 Å². The van der Waals surface area contributed by atoms with Crippen molar-refractivity contribution in [1.29, 1.82) is 0 Å². The van der Waals surface area contributed by atoms with Crippen LogP contribution in [-0.2, 0) is 4.74 Å². The highest BCUT2D eigenvalue weighted by atomic mass is 32.2. The monoisotopic (exact) mass is 243 g/mol. The van der Waals surface area contributed by atoms with Gasteiger partial charge in [-0.05, 0) is 51.8 Å². The normalized spacial score (nSPS) is 35.8. The summed E-state index contributed by atoms with van der Waals surface area (Å²) >= 11 is 2.04. The van der Waals surface area contributed by atoms with Gasteiger partial charge in [-0.3, -0.25) is 0 Å². The summed E-state index contributed by atoms with van der Waals surface area (Å²) in [6.07, 6.45) is 10.8. The van der Waals surface area contributed by atoms with Crippen LogP contribution < -0.4 is 0 Å². The Morgan fingerprint density at radius 1 is 1.25 bits per heavy atom. The van der Waals surface area contributed by atoms with Crippen LogP contribution >= 0.6 is 11.8 Å². The second kappa shape index (κ2) is 6.27. The molecule has 1 aliphatic carbocycles. The molecule has 0 radical (unpaired) electrons. The molecule has 2 rings (SSSR count). The maximum Gasteiger partial charge on any atom is 0.0702 e. The number of ether oxygens (including phenoxy) is 1. The number of thioether (sulfide) groups is 1. The fraction of sp³-hybridized carbons (Fsp3) is 1.00. The van der Waals surface area contributed by atoms with E-state index in [1.54, 1.807) is 0 Å². The van der Waals surface area contributed by atoms with Crippen molar-refractivity contribution >= 4 is 11.8 Å². The number of hydrogen-bond acceptors (Lipinski definition) is 3. The molecule has 0 aromatic heterocycles. The van der Waals surface area contributed by atoms with Crippen molar-refractivity contribution in [2.75, 3.05) is 26.5 Å². The minimum absolute atomic E-state index is 0.507. The van der Waals surface area contributed by atoms with Crippen molar-refractivity contribution in [2.45, 2.75) is 55.9 Å². The van der Waals surface area contributed by atoms with Crippen LogP contribution in [0.1, 0.15) is 38.5 Å². The van der Waals surface area contributed by atoms with Gasteiger partial charge in [0.1, 0.15) is 0 Å². The molecule has 0 spiro atoms. The fourth-order valence-corrected chi connectivity index (χ4v) is 3.74. The van der Waals surface area contributed by atoms with Gasteiger partial charge in [-0.1, -0.05) is 0 Å². The number of nitrogens with zero attached hydrogens (tertiary/aromatic N) is 1. The number of likely N-dealkylation sites (N-methyl/N-ethyl adjacent to an activating group) is 1. The van der Waals surface area contributed by atoms with Gasteiger partial charge in [0.15, 0.2) is 0 Å². The maximum absolute atomic E-state index is 5.81. The molecule has 1 saturated carbocycles. The molecule has 2 nitrogen and oxygen atoms in total. The van der Waals surface area contributed by atoms with Crippen LogP contribution in [0.3, 0.4) is 0 Å². The summed E-state index contributed by atoms with van der Waals surface area (Å²) in [6.45, 7) is 2.13. The van der Waals surface area contributed by atoms with Crippen LogP contribution in [0, 0.1) is 0 Å². The highest BCUT2D eigenvalue weighted by molar-refractivity contribution is 7.99. The van der Waals surface area contributed by atoms with Gasteiger partial charge in [-0.25, -0.2) is 0 Å². The molecule has 2 fully saturated rings. The lowest BCUT2D eigenvalue weighted by Crippen LogP contribution is -2.38. The van der Waals surface area contributed by atoms with E-state index >= 15 is 0 Å². The zero-order valence-corrected chi connectivity index (χ0v) is 11.5. The fourth-order valence-electron chi connectivity index (χ4n) is 2.95. The molecule has 0 bridgehead atoms. The summed E-state index contributed by atoms with van der Waals surface area (Å²) in [6, 6.07) is 0.808. The van der Waals surface area contributed by atoms with E-state index in [-0.39, 0.29) is 0 Å². The lowest BCUT2D eigenvalue weighted by Gasteiger charge is -2.31. The Labute approximate surface area is 104 Å². The SMILES string of the molecule is CS[C@@H]1CC[C@H](N(C)C[C@@H]2CCCCO2)C1. The Morgan fingerprint density at radius 3 is 2.75 bits per heavy atom. The quantitative estimate of drug-likeness (QED) is 0.753. The predicted molar refractivity (Wildman–Crippen MR) is 71.2 cm³/mol. The van der Waals surface area contributed by atoms with E-state index in [1.165, 1.54) is 38.5 Å². The van der Waals surface area contributed by atoms with Gasteiger partial charge >= 0.3 is 0 Å². The van der Waals surface area contributed by atoms with E-state index < -0.39 is 0 Å². The first-order chi connectivity index (χ1) is 7.79. The first kappa shape index (κ1) is 12.7. The third-order valence-corrected chi connectivity index (χ3v) is 5.17. The summed E-state index contributed by atoms with van der Waals surface area (Å²) in [7, 11) is 2.28. The van der Waals surface area contributed by atoms with E-state index in [9.17, 15) is 0 Å². The van der Waals surface area contributed by atoms with E-state index in [0.717, 1.165) is 24.4 Å². The third-order valence-electron chi connectivity index (χ3n) is 4.08. The molecule has 1 saturated heterocycles. The predicted octanol–water partition coefficient (Wildman–Crippen LogP) is 2.77. The van der Waals surface area contributed by atoms with E-state index in [1.807, 2.05) is 11.8 Å². The zero-order chi connectivity index (χ0) is 11.4. The average Bonchev–Trinajstić information content (AvgIpc) is 2.79. The van der Waals surface area contributed by atoms with Crippen LogP contribution in [0.5, 0.6) is 0 Å². The Bertz CT molecular complexity index is 206. The van der Waals surface area contributed by atoms with E-state index in [0.29, 0.717) is 6.10 Å². The minimum Gasteiger partial charge on any atom is -0.377 e. The first-order valence-corrected chi connectivity index (χ1v) is 7.93. The molecule has 16 heavy (non-hydrogen) atoms. The van der Waals surface area contributed by atoms with Gasteiger partial charge in [0.2, 0.25) is 0 Å². The molecule has 0 N–H and O–H groups in total. The lowest BCUT2D eigenvalue weighted by molar-refractivity contribution is -0.00766. The lowest BCUT2D eigenvalue weighted by atomic mass is 10.1. The molecule has 94 valence electrons. The Hall–Kier alpha value is 0.270. The Balaban J connectivity index is 1.72. The van der Waals surface area contributed by atoms with Crippen molar-refractivity contribution in [2.24, 2.45) is 0 Å². The topological polar surface area (TPSA) is 12.5 Å². The van der Waals surface area contributed by atoms with Gasteiger partial charge in [0.25, 0.3) is 0 Å². The summed E-state index contributed by atoms with van der Waals surface area (Å²) < 4.78 is 5.81. The van der Waals surface area contributed by atoms with Crippen LogP contribution in [0.4, 0.5) is 0 Å². The Morgan fingerprint density at radius 2 is 2.12 bits per heavy atom. The third kappa shape index (κ3) is 3.38. The van der Waals surface area contributed by atoms with Crippen molar-refractivity contribution in [3.05, 3.63) is 0 Å². The maximum atomic E-state index is 5.81. The van der Waals surface area contributed by atoms with Crippen molar-refractivity contribution in [3.8, 4) is 0 Å². The van der Waals surface area contributed by atoms with E-state index in [2.05, 4.69) is 18.2 Å². The Kier molecular flexibility index (Phi) is 4.98. The molecular formula is C13H25NOS. The number of hydrogen-bond donors (Lipinski definition) is 0. The summed E-state index contributed by atoms with van der Waals surface area (Å²) in [5.74, 6) is 0. The molecule has 1 aliphatic heterocycles. The van der Waals surface area contributed by atoms with Gasteiger partial charge in [0.05, 0.1) is 6.10 Å². The average molecular weight is 243 g/mol. The van der Waals surface area contributed by atoms with Crippen molar-refractivity contribution in [1.82, 2.24) is 4.90 Å². The highest BCUT2D eigenvalue weighted by Crippen LogP contribution is 2.31. The standard InChI is InChI=1S/C13H25NOS/c1-14(10-12-5-3-4-8-15-12)11-6-7-13(9-11)16-2/h11-13H,3-10H2,1-2H3/t11-,12-,13+/m0/s1. The summed E-state index contributed by atoms with van der Waals surface area (Å²) in [5, 5.41) is 0.903. The van der Waals surface area contributed by atoms with Crippen LogP contribution in [0.15, 0.2) is 0 Å². The molecule has 3 atom stereocenters. The van der Waals surface area contributed by atoms with Gasteiger partial charge in [0, 0.05) is 24.4 Å². The molecule has 3 heteroatoms. The van der Waals surface area contributed by atoms with Gasteiger partial charge < -0.3 is 9.64 Å².